The average Bonchev–Trinajstić information content (AvgIpc) is 2.06. The number of hydrogen-bond donors (Lipinski definition) is 0. The highest BCUT2D eigenvalue weighted by atomic mass is 35.5. The van der Waals surface area contributed by atoms with Gasteiger partial charge in [0.1, 0.15) is 5.78 Å². The molecule has 0 atom stereocenters. The summed E-state index contributed by atoms with van der Waals surface area (Å²) in [4.78, 5) is 15.0. The second-order valence-electron chi connectivity index (χ2n) is 2.52. The first-order valence-corrected chi connectivity index (χ1v) is 4.33. The van der Waals surface area contributed by atoms with E-state index >= 15 is 0 Å². The maximum absolute atomic E-state index is 11.1. The lowest BCUT2D eigenvalue weighted by Gasteiger charge is -1.97. The van der Waals surface area contributed by atoms with Crippen LogP contribution >= 0.6 is 11.6 Å². The molecule has 0 aromatic carbocycles. The number of aromatic nitrogens is 1. The number of nitrogens with zero attached hydrogens (tertiary/aromatic N) is 1. The van der Waals surface area contributed by atoms with Gasteiger partial charge in [-0.2, -0.15) is 0 Å². The van der Waals surface area contributed by atoms with Gasteiger partial charge in [-0.05, 0) is 11.6 Å². The van der Waals surface area contributed by atoms with Crippen molar-refractivity contribution in [3.05, 3.63) is 30.1 Å². The Morgan fingerprint density at radius 3 is 3.00 bits per heavy atom. The Kier molecular flexibility index (Phi) is 3.74. The van der Waals surface area contributed by atoms with Gasteiger partial charge in [-0.15, -0.1) is 11.6 Å². The standard InChI is InChI=1S/C9H10ClNO/c10-4-3-9(12)6-8-2-1-5-11-7-8/h1-2,5,7H,3-4,6H2. The molecule has 0 bridgehead atoms. The second kappa shape index (κ2) is 4.88. The number of pyridine rings is 1. The number of rotatable bonds is 4. The molecule has 0 saturated heterocycles. The van der Waals surface area contributed by atoms with Gasteiger partial charge in [-0.3, -0.25) is 9.78 Å². The van der Waals surface area contributed by atoms with Crippen LogP contribution in [0.4, 0.5) is 0 Å². The molecule has 1 heterocycles. The molecule has 12 heavy (non-hydrogen) atoms. The van der Waals surface area contributed by atoms with E-state index in [9.17, 15) is 4.79 Å². The Hall–Kier alpha value is -0.890. The van der Waals surface area contributed by atoms with Crippen LogP contribution in [0, 0.1) is 0 Å². The molecule has 0 unspecified atom stereocenters. The van der Waals surface area contributed by atoms with Gasteiger partial charge in [0.2, 0.25) is 0 Å². The van der Waals surface area contributed by atoms with E-state index in [1.807, 2.05) is 12.1 Å². The molecule has 2 nitrogen and oxygen atoms in total. The third kappa shape index (κ3) is 3.01. The molecule has 0 aliphatic carbocycles. The van der Waals surface area contributed by atoms with Crippen molar-refractivity contribution in [1.82, 2.24) is 4.98 Å². The molecule has 1 aromatic rings. The van der Waals surface area contributed by atoms with Crippen LogP contribution in [-0.2, 0) is 11.2 Å². The Morgan fingerprint density at radius 2 is 2.42 bits per heavy atom. The maximum atomic E-state index is 11.1. The number of carbonyl (C=O) groups excluding carboxylic acids is 1. The lowest BCUT2D eigenvalue weighted by atomic mass is 10.1. The van der Waals surface area contributed by atoms with Gasteiger partial charge >= 0.3 is 0 Å². The third-order valence-corrected chi connectivity index (χ3v) is 1.69. The molecule has 3 heteroatoms. The Morgan fingerprint density at radius 1 is 1.58 bits per heavy atom. The van der Waals surface area contributed by atoms with Gasteiger partial charge < -0.3 is 0 Å². The zero-order valence-corrected chi connectivity index (χ0v) is 7.42. The van der Waals surface area contributed by atoms with E-state index in [-0.39, 0.29) is 5.78 Å². The van der Waals surface area contributed by atoms with Gasteiger partial charge in [-0.25, -0.2) is 0 Å². The number of Topliss-reactive ketones (excluding diaryl/α,β-unsaturated/α-hetero) is 1. The SMILES string of the molecule is O=C(CCCl)Cc1cccnc1. The third-order valence-electron chi connectivity index (χ3n) is 1.50. The van der Waals surface area contributed by atoms with Crippen molar-refractivity contribution >= 4 is 17.4 Å². The van der Waals surface area contributed by atoms with Crippen LogP contribution in [-0.4, -0.2) is 16.6 Å². The minimum absolute atomic E-state index is 0.165. The highest BCUT2D eigenvalue weighted by molar-refractivity contribution is 6.19. The Bertz CT molecular complexity index is 248. The van der Waals surface area contributed by atoms with Crippen molar-refractivity contribution in [3.63, 3.8) is 0 Å². The molecule has 0 spiro atoms. The van der Waals surface area contributed by atoms with Crippen LogP contribution in [0.25, 0.3) is 0 Å². The van der Waals surface area contributed by atoms with E-state index in [0.29, 0.717) is 18.7 Å². The topological polar surface area (TPSA) is 30.0 Å². The first kappa shape index (κ1) is 9.20. The van der Waals surface area contributed by atoms with E-state index in [4.69, 9.17) is 11.6 Å². The summed E-state index contributed by atoms with van der Waals surface area (Å²) < 4.78 is 0. The van der Waals surface area contributed by atoms with E-state index < -0.39 is 0 Å². The largest absolute Gasteiger partial charge is 0.299 e. The second-order valence-corrected chi connectivity index (χ2v) is 2.89. The molecular weight excluding hydrogens is 174 g/mol. The summed E-state index contributed by atoms with van der Waals surface area (Å²) in [5.41, 5.74) is 0.951. The van der Waals surface area contributed by atoms with Crippen molar-refractivity contribution in [2.75, 3.05) is 5.88 Å². The summed E-state index contributed by atoms with van der Waals surface area (Å²) in [5.74, 6) is 0.567. The molecule has 64 valence electrons. The highest BCUT2D eigenvalue weighted by Gasteiger charge is 2.01. The monoisotopic (exact) mass is 183 g/mol. The van der Waals surface area contributed by atoms with Gasteiger partial charge in [0.25, 0.3) is 0 Å². The molecule has 0 amide bonds. The molecule has 0 aliphatic heterocycles. The van der Waals surface area contributed by atoms with Gasteiger partial charge in [0, 0.05) is 31.1 Å². The summed E-state index contributed by atoms with van der Waals surface area (Å²) in [5, 5.41) is 0. The molecule has 0 radical (unpaired) electrons. The van der Waals surface area contributed by atoms with Crippen molar-refractivity contribution < 1.29 is 4.79 Å². The molecule has 0 aliphatic rings. The van der Waals surface area contributed by atoms with Crippen molar-refractivity contribution in [2.45, 2.75) is 12.8 Å². The Labute approximate surface area is 76.6 Å². The summed E-state index contributed by atoms with van der Waals surface area (Å²) >= 11 is 5.43. The number of carbonyl (C=O) groups is 1. The molecule has 0 fully saturated rings. The van der Waals surface area contributed by atoms with Crippen LogP contribution in [0.3, 0.4) is 0 Å². The summed E-state index contributed by atoms with van der Waals surface area (Å²) in [6, 6.07) is 3.71. The number of halogens is 1. The van der Waals surface area contributed by atoms with Gasteiger partial charge in [0.05, 0.1) is 0 Å². The number of hydrogen-bond acceptors (Lipinski definition) is 2. The number of alkyl halides is 1. The highest BCUT2D eigenvalue weighted by Crippen LogP contribution is 2.00. The fourth-order valence-corrected chi connectivity index (χ4v) is 1.13. The average molecular weight is 184 g/mol. The minimum atomic E-state index is 0.165. The summed E-state index contributed by atoms with van der Waals surface area (Å²) in [7, 11) is 0. The fourth-order valence-electron chi connectivity index (χ4n) is 0.924. The summed E-state index contributed by atoms with van der Waals surface area (Å²) in [6.45, 7) is 0. The van der Waals surface area contributed by atoms with E-state index in [1.54, 1.807) is 12.4 Å². The van der Waals surface area contributed by atoms with E-state index in [1.165, 1.54) is 0 Å². The maximum Gasteiger partial charge on any atom is 0.138 e. The molecular formula is C9H10ClNO. The van der Waals surface area contributed by atoms with Crippen LogP contribution in [0.5, 0.6) is 0 Å². The van der Waals surface area contributed by atoms with Crippen molar-refractivity contribution in [1.29, 1.82) is 0 Å². The zero-order chi connectivity index (χ0) is 8.81. The lowest BCUT2D eigenvalue weighted by Crippen LogP contribution is -2.02. The van der Waals surface area contributed by atoms with Crippen LogP contribution in [0.2, 0.25) is 0 Å². The fraction of sp³-hybridized carbons (Fsp3) is 0.333. The van der Waals surface area contributed by atoms with Gasteiger partial charge in [-0.1, -0.05) is 6.07 Å². The predicted octanol–water partition coefficient (Wildman–Crippen LogP) is 1.82. The van der Waals surface area contributed by atoms with E-state index in [0.717, 1.165) is 5.56 Å². The lowest BCUT2D eigenvalue weighted by molar-refractivity contribution is -0.118. The van der Waals surface area contributed by atoms with E-state index in [2.05, 4.69) is 4.98 Å². The van der Waals surface area contributed by atoms with Crippen LogP contribution in [0.15, 0.2) is 24.5 Å². The normalized spacial score (nSPS) is 9.75. The van der Waals surface area contributed by atoms with Crippen molar-refractivity contribution in [3.8, 4) is 0 Å². The van der Waals surface area contributed by atoms with Crippen molar-refractivity contribution in [2.24, 2.45) is 0 Å². The first-order chi connectivity index (χ1) is 5.83. The number of ketones is 1. The first-order valence-electron chi connectivity index (χ1n) is 3.79. The van der Waals surface area contributed by atoms with Gasteiger partial charge in [0.15, 0.2) is 0 Å². The molecule has 0 N–H and O–H groups in total. The van der Waals surface area contributed by atoms with Crippen LogP contribution in [0.1, 0.15) is 12.0 Å². The van der Waals surface area contributed by atoms with Crippen LogP contribution < -0.4 is 0 Å². The zero-order valence-electron chi connectivity index (χ0n) is 6.66. The minimum Gasteiger partial charge on any atom is -0.299 e. The summed E-state index contributed by atoms with van der Waals surface area (Å²) in [6.07, 6.45) is 4.28. The predicted molar refractivity (Wildman–Crippen MR) is 48.3 cm³/mol. The molecule has 1 aromatic heterocycles. The molecule has 0 saturated carbocycles. The smallest absolute Gasteiger partial charge is 0.138 e. The molecule has 1 rings (SSSR count). The quantitative estimate of drug-likeness (QED) is 0.667. The Balaban J connectivity index is 2.47.